The fourth-order valence-corrected chi connectivity index (χ4v) is 1.99. The molecule has 0 aliphatic carbocycles. The van der Waals surface area contributed by atoms with Crippen LogP contribution < -0.4 is 5.73 Å². The van der Waals surface area contributed by atoms with Crippen LogP contribution in [0, 0.1) is 0 Å². The second kappa shape index (κ2) is 4.80. The van der Waals surface area contributed by atoms with Crippen LogP contribution in [0.5, 0.6) is 0 Å². The van der Waals surface area contributed by atoms with E-state index in [-0.39, 0.29) is 11.9 Å². The molecule has 1 aliphatic rings. The number of pyridine rings is 1. The zero-order valence-corrected chi connectivity index (χ0v) is 9.65. The van der Waals surface area contributed by atoms with Gasteiger partial charge < -0.3 is 10.6 Å². The maximum absolute atomic E-state index is 12.1. The number of piperidine rings is 1. The summed E-state index contributed by atoms with van der Waals surface area (Å²) >= 11 is 5.75. The number of hydrogen-bond donors (Lipinski definition) is 1. The predicted molar refractivity (Wildman–Crippen MR) is 62.4 cm³/mol. The van der Waals surface area contributed by atoms with Crippen LogP contribution in [-0.4, -0.2) is 34.9 Å². The van der Waals surface area contributed by atoms with Gasteiger partial charge in [0.15, 0.2) is 0 Å². The standard InChI is InChI=1S/C11H14ClN3O/c12-10-7-8(1-4-14-10)11(16)15-5-2-9(13)3-6-15/h1,4,7,9H,2-3,5-6,13H2. The topological polar surface area (TPSA) is 59.2 Å². The third-order valence-corrected chi connectivity index (χ3v) is 3.01. The second-order valence-electron chi connectivity index (χ2n) is 4.00. The van der Waals surface area contributed by atoms with Gasteiger partial charge in [0.05, 0.1) is 0 Å². The molecule has 1 aromatic rings. The second-order valence-corrected chi connectivity index (χ2v) is 4.38. The Hall–Kier alpha value is -1.13. The Morgan fingerprint density at radius 3 is 2.81 bits per heavy atom. The first-order valence-corrected chi connectivity index (χ1v) is 5.71. The quantitative estimate of drug-likeness (QED) is 0.752. The van der Waals surface area contributed by atoms with E-state index >= 15 is 0 Å². The summed E-state index contributed by atoms with van der Waals surface area (Å²) in [4.78, 5) is 17.7. The maximum atomic E-state index is 12.1. The van der Waals surface area contributed by atoms with Crippen molar-refractivity contribution < 1.29 is 4.79 Å². The third kappa shape index (κ3) is 2.51. The molecular formula is C11H14ClN3O. The molecule has 1 fully saturated rings. The SMILES string of the molecule is NC1CCN(C(=O)c2ccnc(Cl)c2)CC1. The minimum Gasteiger partial charge on any atom is -0.339 e. The van der Waals surface area contributed by atoms with Gasteiger partial charge in [-0.25, -0.2) is 4.98 Å². The molecule has 2 heterocycles. The molecular weight excluding hydrogens is 226 g/mol. The normalized spacial score (nSPS) is 17.5. The van der Waals surface area contributed by atoms with Crippen molar-refractivity contribution in [2.24, 2.45) is 5.73 Å². The summed E-state index contributed by atoms with van der Waals surface area (Å²) in [5.74, 6) is 0.0104. The van der Waals surface area contributed by atoms with Crippen LogP contribution in [0.2, 0.25) is 5.15 Å². The van der Waals surface area contributed by atoms with E-state index < -0.39 is 0 Å². The molecule has 1 saturated heterocycles. The van der Waals surface area contributed by atoms with Gasteiger partial charge in [0.2, 0.25) is 0 Å². The van der Waals surface area contributed by atoms with Crippen LogP contribution >= 0.6 is 11.6 Å². The van der Waals surface area contributed by atoms with E-state index in [2.05, 4.69) is 4.98 Å². The molecule has 0 spiro atoms. The number of halogens is 1. The highest BCUT2D eigenvalue weighted by atomic mass is 35.5. The smallest absolute Gasteiger partial charge is 0.254 e. The molecule has 1 aromatic heterocycles. The largest absolute Gasteiger partial charge is 0.339 e. The molecule has 0 atom stereocenters. The Bertz CT molecular complexity index is 389. The Morgan fingerprint density at radius 2 is 2.19 bits per heavy atom. The molecule has 1 aliphatic heterocycles. The van der Waals surface area contributed by atoms with Crippen LogP contribution in [0.4, 0.5) is 0 Å². The number of likely N-dealkylation sites (tertiary alicyclic amines) is 1. The van der Waals surface area contributed by atoms with Crippen molar-refractivity contribution in [1.29, 1.82) is 0 Å². The Morgan fingerprint density at radius 1 is 1.50 bits per heavy atom. The minimum absolute atomic E-state index is 0.0104. The molecule has 86 valence electrons. The van der Waals surface area contributed by atoms with Crippen LogP contribution in [0.15, 0.2) is 18.3 Å². The number of carbonyl (C=O) groups excluding carboxylic acids is 1. The number of hydrogen-bond acceptors (Lipinski definition) is 3. The van der Waals surface area contributed by atoms with Crippen molar-refractivity contribution in [3.8, 4) is 0 Å². The van der Waals surface area contributed by atoms with Crippen molar-refractivity contribution in [3.63, 3.8) is 0 Å². The number of rotatable bonds is 1. The van der Waals surface area contributed by atoms with Gasteiger partial charge in [0.1, 0.15) is 5.15 Å². The summed E-state index contributed by atoms with van der Waals surface area (Å²) in [7, 11) is 0. The zero-order valence-electron chi connectivity index (χ0n) is 8.90. The minimum atomic E-state index is 0.0104. The van der Waals surface area contributed by atoms with Gasteiger partial charge in [-0.1, -0.05) is 11.6 Å². The van der Waals surface area contributed by atoms with Crippen molar-refractivity contribution in [1.82, 2.24) is 9.88 Å². The lowest BCUT2D eigenvalue weighted by Crippen LogP contribution is -2.42. The molecule has 0 radical (unpaired) electrons. The molecule has 0 bridgehead atoms. The summed E-state index contributed by atoms with van der Waals surface area (Å²) in [5.41, 5.74) is 6.38. The summed E-state index contributed by atoms with van der Waals surface area (Å²) < 4.78 is 0. The van der Waals surface area contributed by atoms with E-state index in [1.165, 1.54) is 0 Å². The Labute approximate surface area is 99.4 Å². The van der Waals surface area contributed by atoms with Gasteiger partial charge in [0.25, 0.3) is 5.91 Å². The summed E-state index contributed by atoms with van der Waals surface area (Å²) in [6, 6.07) is 3.51. The van der Waals surface area contributed by atoms with E-state index in [9.17, 15) is 4.79 Å². The first kappa shape index (κ1) is 11.4. The highest BCUT2D eigenvalue weighted by Gasteiger charge is 2.21. The number of amides is 1. The average Bonchev–Trinajstić information content (AvgIpc) is 2.29. The fourth-order valence-electron chi connectivity index (χ4n) is 1.82. The molecule has 5 heteroatoms. The van der Waals surface area contributed by atoms with Crippen LogP contribution in [-0.2, 0) is 0 Å². The first-order chi connectivity index (χ1) is 7.66. The zero-order chi connectivity index (χ0) is 11.5. The third-order valence-electron chi connectivity index (χ3n) is 2.80. The Balaban J connectivity index is 2.08. The molecule has 2 N–H and O–H groups in total. The molecule has 1 amide bonds. The van der Waals surface area contributed by atoms with Crippen LogP contribution in [0.25, 0.3) is 0 Å². The van der Waals surface area contributed by atoms with E-state index in [1.54, 1.807) is 18.3 Å². The number of aromatic nitrogens is 1. The van der Waals surface area contributed by atoms with E-state index in [4.69, 9.17) is 17.3 Å². The lowest BCUT2D eigenvalue weighted by molar-refractivity contribution is 0.0714. The van der Waals surface area contributed by atoms with Crippen molar-refractivity contribution in [2.45, 2.75) is 18.9 Å². The summed E-state index contributed by atoms with van der Waals surface area (Å²) in [6.07, 6.45) is 3.28. The molecule has 0 aromatic carbocycles. The van der Waals surface area contributed by atoms with Gasteiger partial charge in [0, 0.05) is 30.9 Å². The first-order valence-electron chi connectivity index (χ1n) is 5.33. The maximum Gasteiger partial charge on any atom is 0.254 e. The summed E-state index contributed by atoms with van der Waals surface area (Å²) in [6.45, 7) is 1.44. The van der Waals surface area contributed by atoms with Crippen molar-refractivity contribution in [2.75, 3.05) is 13.1 Å². The van der Waals surface area contributed by atoms with Crippen molar-refractivity contribution >= 4 is 17.5 Å². The molecule has 2 rings (SSSR count). The van der Waals surface area contributed by atoms with Crippen LogP contribution in [0.3, 0.4) is 0 Å². The monoisotopic (exact) mass is 239 g/mol. The molecule has 0 saturated carbocycles. The predicted octanol–water partition coefficient (Wildman–Crippen LogP) is 1.30. The van der Waals surface area contributed by atoms with Crippen LogP contribution in [0.1, 0.15) is 23.2 Å². The molecule has 0 unspecified atom stereocenters. The average molecular weight is 240 g/mol. The van der Waals surface area contributed by atoms with E-state index in [0.29, 0.717) is 10.7 Å². The van der Waals surface area contributed by atoms with Gasteiger partial charge in [-0.3, -0.25) is 4.79 Å². The van der Waals surface area contributed by atoms with Gasteiger partial charge >= 0.3 is 0 Å². The number of nitrogens with two attached hydrogens (primary N) is 1. The molecule has 16 heavy (non-hydrogen) atoms. The fraction of sp³-hybridized carbons (Fsp3) is 0.455. The van der Waals surface area contributed by atoms with Gasteiger partial charge in [-0.2, -0.15) is 0 Å². The summed E-state index contributed by atoms with van der Waals surface area (Å²) in [5, 5.41) is 0.347. The lowest BCUT2D eigenvalue weighted by atomic mass is 10.1. The Kier molecular flexibility index (Phi) is 3.41. The number of nitrogens with zero attached hydrogens (tertiary/aromatic N) is 2. The number of carbonyl (C=O) groups is 1. The van der Waals surface area contributed by atoms with Gasteiger partial charge in [-0.15, -0.1) is 0 Å². The van der Waals surface area contributed by atoms with E-state index in [0.717, 1.165) is 25.9 Å². The highest BCUT2D eigenvalue weighted by molar-refractivity contribution is 6.29. The molecule has 4 nitrogen and oxygen atoms in total. The van der Waals surface area contributed by atoms with Crippen molar-refractivity contribution in [3.05, 3.63) is 29.0 Å². The van der Waals surface area contributed by atoms with Gasteiger partial charge in [-0.05, 0) is 25.0 Å². The highest BCUT2D eigenvalue weighted by Crippen LogP contribution is 2.14. The van der Waals surface area contributed by atoms with E-state index in [1.807, 2.05) is 4.90 Å². The lowest BCUT2D eigenvalue weighted by Gasteiger charge is -2.30.